The number of nitrogens with zero attached hydrogens (tertiary/aromatic N) is 3. The summed E-state index contributed by atoms with van der Waals surface area (Å²) in [5.74, 6) is 0.268. The maximum absolute atomic E-state index is 10.4. The summed E-state index contributed by atoms with van der Waals surface area (Å²) < 4.78 is 4.94. The van der Waals surface area contributed by atoms with Crippen LogP contribution in [-0.2, 0) is 6.54 Å². The molecule has 1 atom stereocenters. The van der Waals surface area contributed by atoms with E-state index in [4.69, 9.17) is 16.1 Å². The van der Waals surface area contributed by atoms with Crippen molar-refractivity contribution in [2.45, 2.75) is 19.5 Å². The van der Waals surface area contributed by atoms with Gasteiger partial charge in [0.15, 0.2) is 0 Å². The molecule has 0 saturated carbocycles. The van der Waals surface area contributed by atoms with Gasteiger partial charge in [-0.3, -0.25) is 9.88 Å². The van der Waals surface area contributed by atoms with Crippen molar-refractivity contribution in [3.8, 4) is 16.9 Å². The highest BCUT2D eigenvalue weighted by Crippen LogP contribution is 2.33. The van der Waals surface area contributed by atoms with Crippen LogP contribution in [0.1, 0.15) is 24.2 Å². The second-order valence-corrected chi connectivity index (χ2v) is 7.32. The Hall–Kier alpha value is -2.89. The van der Waals surface area contributed by atoms with Crippen LogP contribution >= 0.6 is 11.6 Å². The van der Waals surface area contributed by atoms with Gasteiger partial charge in [-0.05, 0) is 55.4 Å². The van der Waals surface area contributed by atoms with Crippen molar-refractivity contribution in [1.29, 1.82) is 0 Å². The Morgan fingerprint density at radius 2 is 2.00 bits per heavy atom. The molecule has 4 rings (SSSR count). The van der Waals surface area contributed by atoms with Gasteiger partial charge in [-0.2, -0.15) is 0 Å². The van der Waals surface area contributed by atoms with Crippen LogP contribution in [0.15, 0.2) is 65.5 Å². The minimum atomic E-state index is 0.0608. The third kappa shape index (κ3) is 3.59. The van der Waals surface area contributed by atoms with Crippen LogP contribution in [0.4, 0.5) is 0 Å². The molecule has 0 saturated heterocycles. The van der Waals surface area contributed by atoms with Crippen LogP contribution in [0.3, 0.4) is 0 Å². The first-order valence-electron chi connectivity index (χ1n) is 9.00. The standard InChI is InChI=1S/C22H20ClN3O2/c1-14(20-8-10-28-25-20)26(2)13-16-11-15(3-6-22(16)27)18-7-9-24-21-12-17(23)4-5-19(18)21/h3-12,14,27H,13H2,1-2H3. The molecule has 2 heterocycles. The number of phenolic OH excluding ortho intramolecular Hbond substituents is 1. The fraction of sp³-hybridized carbons (Fsp3) is 0.182. The largest absolute Gasteiger partial charge is 0.508 e. The minimum Gasteiger partial charge on any atom is -0.508 e. The normalized spacial score (nSPS) is 12.6. The molecule has 1 N–H and O–H groups in total. The summed E-state index contributed by atoms with van der Waals surface area (Å²) in [6.07, 6.45) is 3.35. The molecule has 0 aliphatic carbocycles. The summed E-state index contributed by atoms with van der Waals surface area (Å²) in [6.45, 7) is 2.63. The summed E-state index contributed by atoms with van der Waals surface area (Å²) >= 11 is 6.10. The van der Waals surface area contributed by atoms with Crippen molar-refractivity contribution < 1.29 is 9.63 Å². The van der Waals surface area contributed by atoms with Crippen molar-refractivity contribution in [3.05, 3.63) is 77.3 Å². The molecular formula is C22H20ClN3O2. The maximum atomic E-state index is 10.4. The van der Waals surface area contributed by atoms with Crippen molar-refractivity contribution >= 4 is 22.5 Å². The average Bonchev–Trinajstić information content (AvgIpc) is 3.23. The number of aromatic hydroxyl groups is 1. The summed E-state index contributed by atoms with van der Waals surface area (Å²) in [6, 6.07) is 15.3. The van der Waals surface area contributed by atoms with Crippen molar-refractivity contribution in [2.75, 3.05) is 7.05 Å². The van der Waals surface area contributed by atoms with Gasteiger partial charge in [0, 0.05) is 34.8 Å². The number of phenols is 1. The summed E-state index contributed by atoms with van der Waals surface area (Å²) in [4.78, 5) is 6.52. The SMILES string of the molecule is CC(c1ccon1)N(C)Cc1cc(-c2ccnc3cc(Cl)ccc23)ccc1O. The van der Waals surface area contributed by atoms with Gasteiger partial charge in [0.2, 0.25) is 0 Å². The molecule has 0 bridgehead atoms. The van der Waals surface area contributed by atoms with Gasteiger partial charge >= 0.3 is 0 Å². The van der Waals surface area contributed by atoms with E-state index in [1.54, 1.807) is 18.5 Å². The molecule has 4 aromatic rings. The molecule has 5 nitrogen and oxygen atoms in total. The fourth-order valence-corrected chi connectivity index (χ4v) is 3.49. The maximum Gasteiger partial charge on any atom is 0.124 e. The molecular weight excluding hydrogens is 374 g/mol. The Bertz CT molecular complexity index is 1110. The van der Waals surface area contributed by atoms with E-state index in [1.807, 2.05) is 49.5 Å². The zero-order chi connectivity index (χ0) is 19.7. The third-order valence-corrected chi connectivity index (χ3v) is 5.30. The van der Waals surface area contributed by atoms with Crippen molar-refractivity contribution in [3.63, 3.8) is 0 Å². The van der Waals surface area contributed by atoms with Gasteiger partial charge < -0.3 is 9.63 Å². The molecule has 1 unspecified atom stereocenters. The highest BCUT2D eigenvalue weighted by atomic mass is 35.5. The molecule has 2 aromatic heterocycles. The van der Waals surface area contributed by atoms with E-state index in [-0.39, 0.29) is 11.8 Å². The van der Waals surface area contributed by atoms with E-state index in [0.717, 1.165) is 33.3 Å². The second kappa shape index (κ2) is 7.62. The number of halogens is 1. The minimum absolute atomic E-state index is 0.0608. The molecule has 0 fully saturated rings. The number of benzene rings is 2. The summed E-state index contributed by atoms with van der Waals surface area (Å²) in [5.41, 5.74) is 4.61. The highest BCUT2D eigenvalue weighted by Gasteiger charge is 2.17. The van der Waals surface area contributed by atoms with Crippen LogP contribution < -0.4 is 0 Å². The van der Waals surface area contributed by atoms with E-state index in [1.165, 1.54) is 0 Å². The lowest BCUT2D eigenvalue weighted by molar-refractivity contribution is 0.238. The van der Waals surface area contributed by atoms with Gasteiger partial charge in [-0.15, -0.1) is 0 Å². The lowest BCUT2D eigenvalue weighted by atomic mass is 9.98. The Balaban J connectivity index is 1.68. The molecule has 6 heteroatoms. The van der Waals surface area contributed by atoms with Gasteiger partial charge in [0.1, 0.15) is 17.7 Å². The zero-order valence-corrected chi connectivity index (χ0v) is 16.4. The van der Waals surface area contributed by atoms with Gasteiger partial charge in [0.05, 0.1) is 11.6 Å². The zero-order valence-electron chi connectivity index (χ0n) is 15.6. The molecule has 142 valence electrons. The lowest BCUT2D eigenvalue weighted by Crippen LogP contribution is -2.22. The fourth-order valence-electron chi connectivity index (χ4n) is 3.32. The number of aromatic nitrogens is 2. The van der Waals surface area contributed by atoms with Gasteiger partial charge in [-0.25, -0.2) is 0 Å². The third-order valence-electron chi connectivity index (χ3n) is 5.06. The summed E-state index contributed by atoms with van der Waals surface area (Å²) in [5, 5.41) is 16.1. The first-order valence-corrected chi connectivity index (χ1v) is 9.38. The van der Waals surface area contributed by atoms with Gasteiger partial charge in [-0.1, -0.05) is 28.9 Å². The molecule has 0 aliphatic rings. The second-order valence-electron chi connectivity index (χ2n) is 6.88. The number of hydrogen-bond acceptors (Lipinski definition) is 5. The van der Waals surface area contributed by atoms with Crippen LogP contribution in [-0.4, -0.2) is 27.2 Å². The monoisotopic (exact) mass is 393 g/mol. The molecule has 0 spiro atoms. The molecule has 0 amide bonds. The molecule has 28 heavy (non-hydrogen) atoms. The first-order chi connectivity index (χ1) is 13.5. The number of fused-ring (bicyclic) bond motifs is 1. The Kier molecular flexibility index (Phi) is 5.03. The predicted octanol–water partition coefficient (Wildman–Crippen LogP) is 5.44. The van der Waals surface area contributed by atoms with Crippen LogP contribution in [0.5, 0.6) is 5.75 Å². The lowest BCUT2D eigenvalue weighted by Gasteiger charge is -2.23. The number of pyridine rings is 1. The first kappa shape index (κ1) is 18.5. The highest BCUT2D eigenvalue weighted by molar-refractivity contribution is 6.31. The summed E-state index contributed by atoms with van der Waals surface area (Å²) in [7, 11) is 2.00. The Labute approximate surface area is 168 Å². The van der Waals surface area contributed by atoms with E-state index in [0.29, 0.717) is 11.6 Å². The molecule has 2 aromatic carbocycles. The van der Waals surface area contributed by atoms with E-state index >= 15 is 0 Å². The smallest absolute Gasteiger partial charge is 0.124 e. The van der Waals surface area contributed by atoms with E-state index in [9.17, 15) is 5.11 Å². The van der Waals surface area contributed by atoms with Crippen LogP contribution in [0, 0.1) is 0 Å². The van der Waals surface area contributed by atoms with Gasteiger partial charge in [0.25, 0.3) is 0 Å². The van der Waals surface area contributed by atoms with Crippen molar-refractivity contribution in [1.82, 2.24) is 15.0 Å². The molecule has 0 radical (unpaired) electrons. The van der Waals surface area contributed by atoms with Crippen LogP contribution in [0.2, 0.25) is 5.02 Å². The van der Waals surface area contributed by atoms with Crippen LogP contribution in [0.25, 0.3) is 22.0 Å². The topological polar surface area (TPSA) is 62.4 Å². The van der Waals surface area contributed by atoms with Crippen molar-refractivity contribution in [2.24, 2.45) is 0 Å². The number of hydrogen-bond donors (Lipinski definition) is 1. The quantitative estimate of drug-likeness (QED) is 0.489. The predicted molar refractivity (Wildman–Crippen MR) is 110 cm³/mol. The van der Waals surface area contributed by atoms with E-state index in [2.05, 4.69) is 22.0 Å². The molecule has 0 aliphatic heterocycles. The Morgan fingerprint density at radius 1 is 1.14 bits per heavy atom. The number of rotatable bonds is 5. The van der Waals surface area contributed by atoms with E-state index < -0.39 is 0 Å². The Morgan fingerprint density at radius 3 is 2.79 bits per heavy atom. The average molecular weight is 394 g/mol.